The van der Waals surface area contributed by atoms with E-state index in [1.807, 2.05) is 0 Å². The standard InChI is InChI=1S/C50H102N8O2/c1-3-5-7-9-11-13-15-17-19-21-23-25-27-29-31-33-39-57(41-35-37-55-49(51)52)43-45-59-47-48-60-46-44-58(42-36-38-56-50(53)54)40-34-32-30-28-26-24-22-20-18-16-14-12-10-8-6-4-2/h17-20H,3-16,21-48H2,1-2H3,(H4,51,52,55)(H4,53,54,56)/b19-17-,20-18-. The predicted molar refractivity (Wildman–Crippen MR) is 263 cm³/mol. The van der Waals surface area contributed by atoms with Gasteiger partial charge in [-0.3, -0.25) is 10.4 Å². The lowest BCUT2D eigenvalue weighted by Crippen LogP contribution is -2.35. The number of nitrogens with one attached hydrogen (secondary N) is 2. The Balaban J connectivity index is 4.17. The Labute approximate surface area is 372 Å². The van der Waals surface area contributed by atoms with Gasteiger partial charge >= 0.3 is 0 Å². The topological polar surface area (TPSA) is 151 Å². The summed E-state index contributed by atoms with van der Waals surface area (Å²) in [5, 5.41) is 10.4. The molecular weight excluding hydrogens is 745 g/mol. The minimum Gasteiger partial charge on any atom is -0.378 e. The van der Waals surface area contributed by atoms with Crippen LogP contribution in [-0.4, -0.2) is 101 Å². The third kappa shape index (κ3) is 48.5. The van der Waals surface area contributed by atoms with Gasteiger partial charge in [-0.25, -0.2) is 0 Å². The molecule has 8 N–H and O–H groups in total. The van der Waals surface area contributed by atoms with E-state index in [9.17, 15) is 0 Å². The zero-order chi connectivity index (χ0) is 43.7. The average molecular weight is 847 g/mol. The van der Waals surface area contributed by atoms with E-state index in [1.54, 1.807) is 0 Å². The third-order valence-electron chi connectivity index (χ3n) is 11.3. The summed E-state index contributed by atoms with van der Waals surface area (Å²) in [6, 6.07) is 0. The maximum absolute atomic E-state index is 7.44. The van der Waals surface area contributed by atoms with Crippen molar-refractivity contribution in [2.75, 3.05) is 78.8 Å². The highest BCUT2D eigenvalue weighted by molar-refractivity contribution is 5.75. The van der Waals surface area contributed by atoms with Crippen molar-refractivity contribution in [3.05, 3.63) is 24.3 Å². The van der Waals surface area contributed by atoms with Gasteiger partial charge in [-0.05, 0) is 103 Å². The quantitative estimate of drug-likeness (QED) is 0.0176. The van der Waals surface area contributed by atoms with Gasteiger partial charge in [-0.15, -0.1) is 0 Å². The first kappa shape index (κ1) is 57.9. The molecule has 0 fully saturated rings. The number of unbranched alkanes of at least 4 members (excludes halogenated alkanes) is 24. The Kier molecular flexibility index (Phi) is 47.7. The van der Waals surface area contributed by atoms with E-state index < -0.39 is 0 Å². The molecule has 0 spiro atoms. The van der Waals surface area contributed by atoms with Crippen LogP contribution in [0.1, 0.15) is 206 Å². The zero-order valence-corrected chi connectivity index (χ0v) is 39.9. The van der Waals surface area contributed by atoms with E-state index in [-0.39, 0.29) is 11.9 Å². The van der Waals surface area contributed by atoms with Crippen molar-refractivity contribution < 1.29 is 9.47 Å². The predicted octanol–water partition coefficient (Wildman–Crippen LogP) is 11.2. The number of allylic oxidation sites excluding steroid dienone is 4. The number of hydrogen-bond donors (Lipinski definition) is 5. The molecule has 0 saturated heterocycles. The minimum atomic E-state index is 0.0469. The summed E-state index contributed by atoms with van der Waals surface area (Å²) in [7, 11) is 0. The van der Waals surface area contributed by atoms with E-state index >= 15 is 0 Å². The van der Waals surface area contributed by atoms with Gasteiger partial charge in [-0.2, -0.15) is 0 Å². The number of guanidine groups is 2. The second-order valence-electron chi connectivity index (χ2n) is 17.1. The van der Waals surface area contributed by atoms with Crippen LogP contribution in [0.5, 0.6) is 0 Å². The largest absolute Gasteiger partial charge is 0.378 e. The molecule has 0 aromatic heterocycles. The van der Waals surface area contributed by atoms with Crippen molar-refractivity contribution in [2.24, 2.45) is 22.2 Å². The number of aliphatic imine (C=N–C) groups is 1. The summed E-state index contributed by atoms with van der Waals surface area (Å²) >= 11 is 0. The monoisotopic (exact) mass is 847 g/mol. The van der Waals surface area contributed by atoms with Gasteiger partial charge in [0, 0.05) is 26.2 Å². The van der Waals surface area contributed by atoms with Crippen molar-refractivity contribution >= 4 is 11.9 Å². The van der Waals surface area contributed by atoms with Gasteiger partial charge in [0.1, 0.15) is 0 Å². The molecule has 0 aliphatic rings. The van der Waals surface area contributed by atoms with Crippen LogP contribution in [0.4, 0.5) is 0 Å². The molecule has 0 amide bonds. The maximum atomic E-state index is 7.44. The molecule has 0 radical (unpaired) electrons. The lowest BCUT2D eigenvalue weighted by molar-refractivity contribution is 0.0307. The van der Waals surface area contributed by atoms with Crippen LogP contribution in [0.25, 0.3) is 0 Å². The van der Waals surface area contributed by atoms with Crippen molar-refractivity contribution in [2.45, 2.75) is 206 Å². The number of rotatable bonds is 49. The smallest absolute Gasteiger partial charge is 0.185 e. The molecule has 0 aromatic rings. The van der Waals surface area contributed by atoms with Crippen LogP contribution in [0.15, 0.2) is 29.3 Å². The van der Waals surface area contributed by atoms with Gasteiger partial charge in [0.15, 0.2) is 11.9 Å². The van der Waals surface area contributed by atoms with Crippen molar-refractivity contribution in [1.29, 1.82) is 5.41 Å². The Hall–Kier alpha value is -2.14. The first-order valence-electron chi connectivity index (χ1n) is 25.5. The summed E-state index contributed by atoms with van der Waals surface area (Å²) in [5.74, 6) is 0.218. The molecule has 0 aliphatic carbocycles. The summed E-state index contributed by atoms with van der Waals surface area (Å²) in [5.41, 5.74) is 16.6. The molecule has 0 bridgehead atoms. The van der Waals surface area contributed by atoms with E-state index in [1.165, 1.54) is 180 Å². The SMILES string of the molecule is CCCCCCCC/C=C\CCCCCCCCN(CCCN=C(N)N)CCOCCOCCN(CCCCCCCC/C=C\CCCCCCCC)CCCNC(=N)N. The van der Waals surface area contributed by atoms with Crippen LogP contribution in [0.2, 0.25) is 0 Å². The molecule has 0 heterocycles. The molecule has 0 saturated carbocycles. The molecule has 10 nitrogen and oxygen atoms in total. The molecule has 0 atom stereocenters. The number of nitrogens with two attached hydrogens (primary N) is 3. The van der Waals surface area contributed by atoms with Crippen LogP contribution in [0.3, 0.4) is 0 Å². The van der Waals surface area contributed by atoms with Crippen LogP contribution in [0, 0.1) is 5.41 Å². The molecule has 10 heteroatoms. The summed E-state index contributed by atoms with van der Waals surface area (Å²) in [4.78, 5) is 9.19. The molecule has 354 valence electrons. The van der Waals surface area contributed by atoms with E-state index in [0.717, 1.165) is 58.7 Å². The maximum Gasteiger partial charge on any atom is 0.185 e. The Bertz CT molecular complexity index is 959. The highest BCUT2D eigenvalue weighted by Crippen LogP contribution is 2.12. The van der Waals surface area contributed by atoms with Gasteiger partial charge in [-0.1, -0.05) is 154 Å². The molecular formula is C50H102N8O2. The van der Waals surface area contributed by atoms with Gasteiger partial charge < -0.3 is 41.8 Å². The fourth-order valence-corrected chi connectivity index (χ4v) is 7.57. The van der Waals surface area contributed by atoms with E-state index in [0.29, 0.717) is 33.0 Å². The molecule has 0 aliphatic heterocycles. The van der Waals surface area contributed by atoms with E-state index in [4.69, 9.17) is 32.1 Å². The Morgan fingerprint density at radius 3 is 1.18 bits per heavy atom. The van der Waals surface area contributed by atoms with Gasteiger partial charge in [0.25, 0.3) is 0 Å². The fourth-order valence-electron chi connectivity index (χ4n) is 7.57. The summed E-state index contributed by atoms with van der Waals surface area (Å²) in [6.45, 7) is 14.6. The lowest BCUT2D eigenvalue weighted by Gasteiger charge is -2.23. The fraction of sp³-hybridized carbons (Fsp3) is 0.880. The highest BCUT2D eigenvalue weighted by atomic mass is 16.5. The Morgan fingerprint density at radius 2 is 0.800 bits per heavy atom. The molecule has 0 unspecified atom stereocenters. The number of hydrogen-bond acceptors (Lipinski definition) is 6. The first-order valence-corrected chi connectivity index (χ1v) is 25.5. The minimum absolute atomic E-state index is 0.0469. The lowest BCUT2D eigenvalue weighted by atomic mass is 10.1. The Morgan fingerprint density at radius 1 is 0.450 bits per heavy atom. The number of nitrogens with zero attached hydrogens (tertiary/aromatic N) is 3. The highest BCUT2D eigenvalue weighted by Gasteiger charge is 2.07. The molecule has 0 aromatic carbocycles. The number of ether oxygens (including phenoxy) is 2. The second kappa shape index (κ2) is 49.5. The van der Waals surface area contributed by atoms with Gasteiger partial charge in [0.05, 0.1) is 26.4 Å². The van der Waals surface area contributed by atoms with Crippen molar-refractivity contribution in [3.8, 4) is 0 Å². The summed E-state index contributed by atoms with van der Waals surface area (Å²) in [6.07, 6.45) is 48.8. The molecule has 60 heavy (non-hydrogen) atoms. The first-order chi connectivity index (χ1) is 29.5. The average Bonchev–Trinajstić information content (AvgIpc) is 3.23. The molecule has 0 rings (SSSR count). The second-order valence-corrected chi connectivity index (χ2v) is 17.1. The van der Waals surface area contributed by atoms with E-state index in [2.05, 4.69) is 58.3 Å². The van der Waals surface area contributed by atoms with Crippen LogP contribution >= 0.6 is 0 Å². The van der Waals surface area contributed by atoms with Crippen molar-refractivity contribution in [1.82, 2.24) is 15.1 Å². The summed E-state index contributed by atoms with van der Waals surface area (Å²) < 4.78 is 12.0. The van der Waals surface area contributed by atoms with Crippen LogP contribution in [-0.2, 0) is 9.47 Å². The van der Waals surface area contributed by atoms with Gasteiger partial charge in [0.2, 0.25) is 0 Å². The normalized spacial score (nSPS) is 11.9. The zero-order valence-electron chi connectivity index (χ0n) is 39.9. The third-order valence-corrected chi connectivity index (χ3v) is 11.3. The van der Waals surface area contributed by atoms with Crippen LogP contribution < -0.4 is 22.5 Å². The van der Waals surface area contributed by atoms with Crippen molar-refractivity contribution in [3.63, 3.8) is 0 Å².